The van der Waals surface area contributed by atoms with Gasteiger partial charge in [0, 0.05) is 11.2 Å². The summed E-state index contributed by atoms with van der Waals surface area (Å²) in [5, 5.41) is 6.46. The van der Waals surface area contributed by atoms with Crippen molar-refractivity contribution in [1.29, 1.82) is 0 Å². The molecule has 1 aromatic rings. The zero-order valence-electron chi connectivity index (χ0n) is 12.2. The Morgan fingerprint density at radius 2 is 1.71 bits per heavy atom. The number of rotatable bonds is 3. The molecule has 1 aliphatic rings. The molecule has 0 bridgehead atoms. The minimum atomic E-state index is -0.287. The van der Waals surface area contributed by atoms with Gasteiger partial charge < -0.3 is 10.6 Å². The van der Waals surface area contributed by atoms with Crippen molar-refractivity contribution in [3.8, 4) is 0 Å². The molecule has 0 aromatic heterocycles. The van der Waals surface area contributed by atoms with Crippen LogP contribution in [0.25, 0.3) is 0 Å². The van der Waals surface area contributed by atoms with E-state index in [0.29, 0.717) is 22.2 Å². The van der Waals surface area contributed by atoms with Gasteiger partial charge in [-0.1, -0.05) is 23.2 Å². The van der Waals surface area contributed by atoms with Crippen molar-refractivity contribution in [2.75, 3.05) is 5.32 Å². The summed E-state index contributed by atoms with van der Waals surface area (Å²) in [5.41, 5.74) is 0.293. The third-order valence-electron chi connectivity index (χ3n) is 3.15. The second-order valence-corrected chi connectivity index (χ2v) is 7.12. The Kier molecular flexibility index (Phi) is 4.49. The highest BCUT2D eigenvalue weighted by Gasteiger charge is 2.48. The molecule has 1 fully saturated rings. The number of halogens is 2. The fourth-order valence-electron chi connectivity index (χ4n) is 2.05. The number of carbonyl (C=O) groups excluding carboxylic acids is 2. The lowest BCUT2D eigenvalue weighted by Gasteiger charge is -2.20. The molecule has 114 valence electrons. The Labute approximate surface area is 134 Å². The van der Waals surface area contributed by atoms with Crippen molar-refractivity contribution in [3.05, 3.63) is 28.2 Å². The van der Waals surface area contributed by atoms with Crippen LogP contribution in [0.3, 0.4) is 0 Å². The van der Waals surface area contributed by atoms with Gasteiger partial charge in [0.2, 0.25) is 11.8 Å². The highest BCUT2D eigenvalue weighted by molar-refractivity contribution is 6.42. The van der Waals surface area contributed by atoms with Crippen LogP contribution in [0, 0.1) is 11.8 Å². The highest BCUT2D eigenvalue weighted by Crippen LogP contribution is 2.40. The lowest BCUT2D eigenvalue weighted by molar-refractivity contribution is -0.126. The zero-order chi connectivity index (χ0) is 15.8. The van der Waals surface area contributed by atoms with Crippen LogP contribution in [0.5, 0.6) is 0 Å². The van der Waals surface area contributed by atoms with Crippen molar-refractivity contribution >= 4 is 40.7 Å². The summed E-state index contributed by atoms with van der Waals surface area (Å²) in [4.78, 5) is 24.0. The van der Waals surface area contributed by atoms with Gasteiger partial charge in [0.1, 0.15) is 0 Å². The topological polar surface area (TPSA) is 58.2 Å². The maximum absolute atomic E-state index is 12.1. The number of nitrogens with one attached hydrogen (secondary N) is 2. The smallest absolute Gasteiger partial charge is 0.228 e. The summed E-state index contributed by atoms with van der Waals surface area (Å²) in [6.45, 7) is 5.74. The van der Waals surface area contributed by atoms with Gasteiger partial charge in [-0.05, 0) is 45.4 Å². The number of amides is 2. The fraction of sp³-hybridized carbons (Fsp3) is 0.467. The van der Waals surface area contributed by atoms with E-state index in [1.807, 2.05) is 20.8 Å². The summed E-state index contributed by atoms with van der Waals surface area (Å²) in [6.07, 6.45) is 0.578. The van der Waals surface area contributed by atoms with Crippen LogP contribution in [0.2, 0.25) is 10.0 Å². The summed E-state index contributed by atoms with van der Waals surface area (Å²) in [5.74, 6) is -0.756. The van der Waals surface area contributed by atoms with Gasteiger partial charge in [-0.15, -0.1) is 0 Å². The quantitative estimate of drug-likeness (QED) is 0.892. The number of hydrogen-bond acceptors (Lipinski definition) is 2. The van der Waals surface area contributed by atoms with E-state index in [2.05, 4.69) is 10.6 Å². The van der Waals surface area contributed by atoms with E-state index in [-0.39, 0.29) is 29.2 Å². The summed E-state index contributed by atoms with van der Waals surface area (Å²) < 4.78 is 0. The third kappa shape index (κ3) is 4.35. The predicted octanol–water partition coefficient (Wildman–Crippen LogP) is 3.48. The minimum Gasteiger partial charge on any atom is -0.351 e. The van der Waals surface area contributed by atoms with Crippen LogP contribution >= 0.6 is 23.2 Å². The monoisotopic (exact) mass is 328 g/mol. The largest absolute Gasteiger partial charge is 0.351 e. The highest BCUT2D eigenvalue weighted by atomic mass is 35.5. The molecule has 21 heavy (non-hydrogen) atoms. The number of carbonyl (C=O) groups is 2. The lowest BCUT2D eigenvalue weighted by Crippen LogP contribution is -2.42. The van der Waals surface area contributed by atoms with Crippen LogP contribution in [-0.4, -0.2) is 17.4 Å². The van der Waals surface area contributed by atoms with Crippen LogP contribution in [0.1, 0.15) is 27.2 Å². The predicted molar refractivity (Wildman–Crippen MR) is 84.6 cm³/mol. The minimum absolute atomic E-state index is 0.0724. The van der Waals surface area contributed by atoms with Gasteiger partial charge in [-0.25, -0.2) is 0 Å². The average Bonchev–Trinajstić information content (AvgIpc) is 3.12. The van der Waals surface area contributed by atoms with Crippen molar-refractivity contribution in [2.45, 2.75) is 32.7 Å². The van der Waals surface area contributed by atoms with Gasteiger partial charge in [0.25, 0.3) is 0 Å². The molecule has 6 heteroatoms. The van der Waals surface area contributed by atoms with E-state index >= 15 is 0 Å². The van der Waals surface area contributed by atoms with Crippen molar-refractivity contribution in [3.63, 3.8) is 0 Å². The van der Waals surface area contributed by atoms with Gasteiger partial charge in [0.05, 0.1) is 21.9 Å². The number of hydrogen-bond donors (Lipinski definition) is 2. The van der Waals surface area contributed by atoms with Crippen molar-refractivity contribution in [1.82, 2.24) is 5.32 Å². The first kappa shape index (κ1) is 16.1. The van der Waals surface area contributed by atoms with Gasteiger partial charge in [0.15, 0.2) is 0 Å². The molecule has 2 unspecified atom stereocenters. The standard InChI is InChI=1S/C15H18Cl2N2O2/c1-15(2,3)19-14(21)10-7-9(10)13(20)18-8-4-5-11(16)12(17)6-8/h4-6,9-10H,7H2,1-3H3,(H,18,20)(H,19,21). The SMILES string of the molecule is CC(C)(C)NC(=O)C1CC1C(=O)Nc1ccc(Cl)c(Cl)c1. The van der Waals surface area contributed by atoms with E-state index in [1.54, 1.807) is 18.2 Å². The van der Waals surface area contributed by atoms with E-state index < -0.39 is 0 Å². The zero-order valence-corrected chi connectivity index (χ0v) is 13.7. The van der Waals surface area contributed by atoms with Crippen LogP contribution < -0.4 is 10.6 Å². The summed E-state index contributed by atoms with van der Waals surface area (Å²) in [6, 6.07) is 4.89. The average molecular weight is 329 g/mol. The van der Waals surface area contributed by atoms with E-state index in [9.17, 15) is 9.59 Å². The second kappa shape index (κ2) is 5.85. The molecule has 2 rings (SSSR count). The first-order chi connectivity index (χ1) is 9.67. The molecule has 0 radical (unpaired) electrons. The van der Waals surface area contributed by atoms with Gasteiger partial charge in [-0.3, -0.25) is 9.59 Å². The Morgan fingerprint density at radius 1 is 1.10 bits per heavy atom. The molecule has 0 aliphatic heterocycles. The Hall–Kier alpha value is -1.26. The fourth-order valence-corrected chi connectivity index (χ4v) is 2.34. The Bertz CT molecular complexity index is 582. The maximum atomic E-state index is 12.1. The molecule has 1 aromatic carbocycles. The Balaban J connectivity index is 1.91. The van der Waals surface area contributed by atoms with E-state index in [4.69, 9.17) is 23.2 Å². The molecular weight excluding hydrogens is 311 g/mol. The van der Waals surface area contributed by atoms with Crippen LogP contribution in [-0.2, 0) is 9.59 Å². The molecule has 0 spiro atoms. The molecule has 2 atom stereocenters. The summed E-state index contributed by atoms with van der Waals surface area (Å²) in [7, 11) is 0. The molecule has 0 saturated heterocycles. The second-order valence-electron chi connectivity index (χ2n) is 6.31. The van der Waals surface area contributed by atoms with E-state index in [0.717, 1.165) is 0 Å². The van der Waals surface area contributed by atoms with Crippen molar-refractivity contribution < 1.29 is 9.59 Å². The Morgan fingerprint density at radius 3 is 2.29 bits per heavy atom. The third-order valence-corrected chi connectivity index (χ3v) is 3.89. The molecular formula is C15H18Cl2N2O2. The number of benzene rings is 1. The lowest BCUT2D eigenvalue weighted by atomic mass is 10.1. The van der Waals surface area contributed by atoms with Crippen molar-refractivity contribution in [2.24, 2.45) is 11.8 Å². The van der Waals surface area contributed by atoms with Crippen LogP contribution in [0.4, 0.5) is 5.69 Å². The molecule has 2 N–H and O–H groups in total. The molecule has 2 amide bonds. The first-order valence-corrected chi connectivity index (χ1v) is 7.51. The molecule has 1 aliphatic carbocycles. The van der Waals surface area contributed by atoms with Gasteiger partial charge in [-0.2, -0.15) is 0 Å². The first-order valence-electron chi connectivity index (χ1n) is 6.75. The summed E-state index contributed by atoms with van der Waals surface area (Å²) >= 11 is 11.7. The van der Waals surface area contributed by atoms with Gasteiger partial charge >= 0.3 is 0 Å². The molecule has 1 saturated carbocycles. The maximum Gasteiger partial charge on any atom is 0.228 e. The molecule has 0 heterocycles. The van der Waals surface area contributed by atoms with E-state index in [1.165, 1.54) is 0 Å². The normalized spacial score (nSPS) is 20.8. The van der Waals surface area contributed by atoms with Crippen LogP contribution in [0.15, 0.2) is 18.2 Å². The number of anilines is 1. The molecule has 4 nitrogen and oxygen atoms in total.